The maximum atomic E-state index is 13.9. The summed E-state index contributed by atoms with van der Waals surface area (Å²) >= 11 is 0. The molecule has 3 aromatic rings. The van der Waals surface area contributed by atoms with E-state index >= 15 is 0 Å². The predicted octanol–water partition coefficient (Wildman–Crippen LogP) is 8.17. The Bertz CT molecular complexity index is 2450. The van der Waals surface area contributed by atoms with Crippen molar-refractivity contribution in [3.8, 4) is 36.4 Å². The first-order chi connectivity index (χ1) is 23.0. The molecular weight excluding hydrogens is 617 g/mol. The number of allylic oxidation sites excluding steroid dienone is 6. The summed E-state index contributed by atoms with van der Waals surface area (Å²) in [6.45, 7) is 17.0. The number of hydrogen-bond acceptors (Lipinski definition) is 7. The zero-order chi connectivity index (χ0) is 34.9. The molecule has 12 heteroatoms. The van der Waals surface area contributed by atoms with Gasteiger partial charge in [0.15, 0.2) is 5.69 Å². The summed E-state index contributed by atoms with van der Waals surface area (Å²) in [5.74, 6) is -0.996. The Morgan fingerprint density at radius 1 is 0.667 bits per heavy atom. The minimum atomic E-state index is -5.31. The molecule has 0 fully saturated rings. The van der Waals surface area contributed by atoms with Crippen LogP contribution in [0.3, 0.4) is 0 Å². The van der Waals surface area contributed by atoms with Crippen LogP contribution in [-0.2, 0) is 4.74 Å². The van der Waals surface area contributed by atoms with E-state index in [9.17, 15) is 44.7 Å². The summed E-state index contributed by atoms with van der Waals surface area (Å²) in [6, 6.07) is 21.8. The average molecular weight is 629 g/mol. The number of halogens is 3. The van der Waals surface area contributed by atoms with E-state index in [1.165, 1.54) is 48.5 Å². The van der Waals surface area contributed by atoms with Crippen molar-refractivity contribution in [2.24, 2.45) is 0 Å². The molecule has 0 amide bonds. The number of rotatable bonds is 3. The van der Waals surface area contributed by atoms with Gasteiger partial charge in [-0.15, -0.1) is 13.2 Å². The fraction of sp³-hybridized carbons (Fsp3) is 0.0556. The van der Waals surface area contributed by atoms with Gasteiger partial charge in [-0.25, -0.2) is 9.69 Å². The summed E-state index contributed by atoms with van der Waals surface area (Å²) in [4.78, 5) is 6.83. The number of ether oxygens (including phenoxy) is 1. The van der Waals surface area contributed by atoms with Gasteiger partial charge in [0.2, 0.25) is 5.70 Å². The highest BCUT2D eigenvalue weighted by atomic mass is 19.4. The van der Waals surface area contributed by atoms with Gasteiger partial charge in [0.25, 0.3) is 0 Å². The van der Waals surface area contributed by atoms with Gasteiger partial charge in [0.1, 0.15) is 29.5 Å². The topological polar surface area (TPSA) is 161 Å². The number of hydrogen-bond donors (Lipinski definition) is 0. The van der Waals surface area contributed by atoms with Gasteiger partial charge in [-0.1, -0.05) is 0 Å². The molecule has 0 heterocycles. The summed E-state index contributed by atoms with van der Waals surface area (Å²) in [7, 11) is 0. The van der Waals surface area contributed by atoms with Crippen molar-refractivity contribution in [1.29, 1.82) is 31.6 Å². The van der Waals surface area contributed by atoms with Crippen LogP contribution >= 0.6 is 0 Å². The van der Waals surface area contributed by atoms with Crippen molar-refractivity contribution in [1.82, 2.24) is 0 Å². The third-order valence-corrected chi connectivity index (χ3v) is 7.52. The molecule has 0 aromatic heterocycles. The Morgan fingerprint density at radius 3 is 1.73 bits per heavy atom. The van der Waals surface area contributed by atoms with Crippen molar-refractivity contribution in [2.75, 3.05) is 0 Å². The van der Waals surface area contributed by atoms with E-state index < -0.39 is 29.0 Å². The number of fused-ring (bicyclic) bond motifs is 2. The molecule has 0 radical (unpaired) electrons. The number of benzene rings is 3. The molecule has 0 N–H and O–H groups in total. The number of nitriles is 6. The standard InChI is InChI=1S/C36H11F3N8O/c1-18-29(15-43)25-10-26-28(11-27(25)32(18)30(16-44)22-5-21(14-42)8-24(9-22)46-2)33(35(31(26)17-45)48-36(37,38)39)34(47-3)23-6-19(12-40)4-20(7-23)13-41/h4-11H,1H3/b32-30+,34-33+. The third-order valence-electron chi connectivity index (χ3n) is 7.52. The first-order valence-electron chi connectivity index (χ1n) is 13.3. The summed E-state index contributed by atoms with van der Waals surface area (Å²) in [6.07, 6.45) is -5.31. The summed E-state index contributed by atoms with van der Waals surface area (Å²) < 4.78 is 45.9. The zero-order valence-corrected chi connectivity index (χ0v) is 24.2. The third kappa shape index (κ3) is 5.14. The van der Waals surface area contributed by atoms with Crippen molar-refractivity contribution >= 4 is 39.2 Å². The highest BCUT2D eigenvalue weighted by Crippen LogP contribution is 2.53. The van der Waals surface area contributed by atoms with Crippen LogP contribution in [0.25, 0.3) is 43.3 Å². The minimum Gasteiger partial charge on any atom is -0.405 e. The van der Waals surface area contributed by atoms with E-state index in [4.69, 9.17) is 13.1 Å². The molecule has 9 nitrogen and oxygen atoms in total. The number of nitrogens with zero attached hydrogens (tertiary/aromatic N) is 8. The lowest BCUT2D eigenvalue weighted by Gasteiger charge is -2.16. The molecule has 2 aliphatic carbocycles. The predicted molar refractivity (Wildman–Crippen MR) is 163 cm³/mol. The largest absolute Gasteiger partial charge is 0.573 e. The summed E-state index contributed by atoms with van der Waals surface area (Å²) in [5, 5.41) is 59.2. The molecule has 3 aromatic carbocycles. The molecule has 0 saturated carbocycles. The SMILES string of the molecule is [C-]#[N+]/C(=C1/C(OC(F)(F)F)=C(C#N)c2cc3c(cc21)/C(=C(\C#N)c1cc(C#N)cc([N+]#[C-])c1)C(C)=C3C#N)c1cc(C#N)cc(C#N)c1. The van der Waals surface area contributed by atoms with E-state index in [-0.39, 0.29) is 72.5 Å². The van der Waals surface area contributed by atoms with E-state index in [1.54, 1.807) is 13.0 Å². The van der Waals surface area contributed by atoms with Crippen molar-refractivity contribution in [2.45, 2.75) is 13.3 Å². The molecular formula is C36H11F3N8O. The maximum absolute atomic E-state index is 13.9. The van der Waals surface area contributed by atoms with Crippen molar-refractivity contribution in [3.63, 3.8) is 0 Å². The van der Waals surface area contributed by atoms with Gasteiger partial charge < -0.3 is 4.74 Å². The quantitative estimate of drug-likeness (QED) is 0.209. The van der Waals surface area contributed by atoms with Crippen LogP contribution in [0, 0.1) is 81.1 Å². The van der Waals surface area contributed by atoms with E-state index in [0.29, 0.717) is 5.57 Å². The average Bonchev–Trinajstić information content (AvgIpc) is 3.51. The first-order valence-corrected chi connectivity index (χ1v) is 13.3. The second-order valence-electron chi connectivity index (χ2n) is 10.1. The highest BCUT2D eigenvalue weighted by molar-refractivity contribution is 6.18. The second kappa shape index (κ2) is 11.9. The number of alkyl halides is 3. The van der Waals surface area contributed by atoms with Crippen molar-refractivity contribution < 1.29 is 17.9 Å². The molecule has 0 spiro atoms. The Balaban J connectivity index is 1.95. The van der Waals surface area contributed by atoms with Crippen molar-refractivity contribution in [3.05, 3.63) is 133 Å². The Hall–Kier alpha value is -7.87. The molecule has 0 saturated heterocycles. The lowest BCUT2D eigenvalue weighted by atomic mass is 9.89. The summed E-state index contributed by atoms with van der Waals surface area (Å²) in [5.41, 5.74) is -0.685. The molecule has 222 valence electrons. The van der Waals surface area contributed by atoms with E-state index in [1.807, 2.05) is 24.3 Å². The molecule has 48 heavy (non-hydrogen) atoms. The maximum Gasteiger partial charge on any atom is 0.573 e. The Kier molecular flexibility index (Phi) is 7.83. The second-order valence-corrected chi connectivity index (χ2v) is 10.1. The molecule has 0 unspecified atom stereocenters. The van der Waals surface area contributed by atoms with E-state index in [0.717, 1.165) is 0 Å². The fourth-order valence-electron chi connectivity index (χ4n) is 5.66. The van der Waals surface area contributed by atoms with Gasteiger partial charge in [0, 0.05) is 27.8 Å². The first kappa shape index (κ1) is 31.6. The van der Waals surface area contributed by atoms with Crippen LogP contribution in [0.4, 0.5) is 18.9 Å². The van der Waals surface area contributed by atoms with Crippen LogP contribution in [0.2, 0.25) is 0 Å². The van der Waals surface area contributed by atoms with Crippen LogP contribution in [0.15, 0.2) is 59.9 Å². The van der Waals surface area contributed by atoms with Crippen LogP contribution in [0.5, 0.6) is 0 Å². The molecule has 0 aliphatic heterocycles. The molecule has 0 bridgehead atoms. The van der Waals surface area contributed by atoms with Gasteiger partial charge in [-0.2, -0.15) is 31.6 Å². The Labute approximate surface area is 271 Å². The Morgan fingerprint density at radius 2 is 1.21 bits per heavy atom. The lowest BCUT2D eigenvalue weighted by molar-refractivity contribution is -0.302. The van der Waals surface area contributed by atoms with Gasteiger partial charge >= 0.3 is 6.36 Å². The monoisotopic (exact) mass is 628 g/mol. The van der Waals surface area contributed by atoms with Crippen LogP contribution < -0.4 is 0 Å². The van der Waals surface area contributed by atoms with E-state index in [2.05, 4.69) is 20.5 Å². The zero-order valence-electron chi connectivity index (χ0n) is 24.2. The van der Waals surface area contributed by atoms with Gasteiger partial charge in [-0.3, -0.25) is 0 Å². The molecule has 0 atom stereocenters. The lowest BCUT2D eigenvalue weighted by Crippen LogP contribution is -2.13. The minimum absolute atomic E-state index is 0.0458. The molecule has 2 aliphatic rings. The van der Waals surface area contributed by atoms with Crippen LogP contribution in [-0.4, -0.2) is 6.36 Å². The smallest absolute Gasteiger partial charge is 0.405 e. The highest BCUT2D eigenvalue weighted by Gasteiger charge is 2.41. The molecule has 5 rings (SSSR count). The van der Waals surface area contributed by atoms with Gasteiger partial charge in [0.05, 0.1) is 53.6 Å². The normalized spacial score (nSPS) is 14.8. The fourth-order valence-corrected chi connectivity index (χ4v) is 5.66. The van der Waals surface area contributed by atoms with Crippen LogP contribution in [0.1, 0.15) is 57.0 Å². The van der Waals surface area contributed by atoms with Gasteiger partial charge in [-0.05, 0) is 83.3 Å².